The van der Waals surface area contributed by atoms with Crippen LogP contribution in [0.1, 0.15) is 29.8 Å². The monoisotopic (exact) mass is 233 g/mol. The predicted octanol–water partition coefficient (Wildman–Crippen LogP) is 1.74. The van der Waals surface area contributed by atoms with Crippen molar-refractivity contribution in [3.8, 4) is 5.75 Å². The van der Waals surface area contributed by atoms with E-state index in [0.717, 1.165) is 5.56 Å². The zero-order chi connectivity index (χ0) is 12.8. The molecule has 1 amide bonds. The number of carbonyl (C=O) groups is 2. The van der Waals surface area contributed by atoms with Gasteiger partial charge >= 0.3 is 0 Å². The van der Waals surface area contributed by atoms with Crippen LogP contribution in [0.4, 0.5) is 0 Å². The van der Waals surface area contributed by atoms with E-state index in [1.807, 2.05) is 0 Å². The molecule has 4 nitrogen and oxygen atoms in total. The quantitative estimate of drug-likeness (QED) is 0.778. The Balaban J connectivity index is 2.75. The number of Topliss-reactive ketones (excluding diaryl/α,β-unsaturated/α-hetero) is 1. The number of ketones is 1. The van der Waals surface area contributed by atoms with Crippen molar-refractivity contribution < 1.29 is 14.7 Å². The van der Waals surface area contributed by atoms with Crippen LogP contribution in [-0.4, -0.2) is 23.3 Å². The molecule has 0 spiro atoms. The molecule has 1 aromatic rings. The summed E-state index contributed by atoms with van der Waals surface area (Å²) in [6.45, 7) is 3.29. The number of hydrogen-bond donors (Lipinski definition) is 2. The van der Waals surface area contributed by atoms with Gasteiger partial charge in [-0.05, 0) is 24.6 Å². The Kier molecular flexibility index (Phi) is 4.46. The molecule has 4 heteroatoms. The number of phenols is 1. The van der Waals surface area contributed by atoms with Gasteiger partial charge in [-0.15, -0.1) is 0 Å². The van der Waals surface area contributed by atoms with E-state index in [-0.39, 0.29) is 17.4 Å². The first kappa shape index (κ1) is 13.0. The molecule has 0 aliphatic heterocycles. The van der Waals surface area contributed by atoms with Gasteiger partial charge in [-0.2, -0.15) is 0 Å². The summed E-state index contributed by atoms with van der Waals surface area (Å²) in [5.74, 6) is -0.291. The minimum atomic E-state index is -0.181. The van der Waals surface area contributed by atoms with Gasteiger partial charge in [0, 0.05) is 13.5 Å². The third kappa shape index (κ3) is 4.10. The Morgan fingerprint density at radius 2 is 2.06 bits per heavy atom. The van der Waals surface area contributed by atoms with Crippen LogP contribution in [0.5, 0.6) is 5.75 Å². The fourth-order valence-electron chi connectivity index (χ4n) is 1.34. The second-order valence-corrected chi connectivity index (χ2v) is 3.67. The third-order valence-electron chi connectivity index (χ3n) is 2.18. The summed E-state index contributed by atoms with van der Waals surface area (Å²) < 4.78 is 0. The van der Waals surface area contributed by atoms with Crippen molar-refractivity contribution in [2.45, 2.75) is 13.8 Å². The lowest BCUT2D eigenvalue weighted by atomic mass is 10.1. The molecule has 0 saturated heterocycles. The third-order valence-corrected chi connectivity index (χ3v) is 2.18. The van der Waals surface area contributed by atoms with Crippen LogP contribution in [0.3, 0.4) is 0 Å². The molecule has 90 valence electrons. The van der Waals surface area contributed by atoms with Crippen LogP contribution in [0.15, 0.2) is 24.3 Å². The lowest BCUT2D eigenvalue weighted by Crippen LogP contribution is -2.19. The van der Waals surface area contributed by atoms with E-state index in [0.29, 0.717) is 12.1 Å². The lowest BCUT2D eigenvalue weighted by Gasteiger charge is -2.02. The van der Waals surface area contributed by atoms with Crippen LogP contribution >= 0.6 is 0 Å². The van der Waals surface area contributed by atoms with E-state index >= 15 is 0 Å². The Morgan fingerprint density at radius 3 is 2.65 bits per heavy atom. The molecule has 0 unspecified atom stereocenters. The second-order valence-electron chi connectivity index (χ2n) is 3.67. The summed E-state index contributed by atoms with van der Waals surface area (Å²) >= 11 is 0. The maximum atomic E-state index is 11.2. The molecule has 1 aromatic carbocycles. The molecule has 0 bridgehead atoms. The number of hydrogen-bond acceptors (Lipinski definition) is 3. The molecule has 0 saturated carbocycles. The van der Waals surface area contributed by atoms with Gasteiger partial charge in [0.15, 0.2) is 5.78 Å². The van der Waals surface area contributed by atoms with Gasteiger partial charge in [-0.3, -0.25) is 9.59 Å². The molecule has 1 rings (SSSR count). The Bertz CT molecular complexity index is 464. The fraction of sp³-hybridized carbons (Fsp3) is 0.231. The first-order valence-corrected chi connectivity index (χ1v) is 5.25. The first-order chi connectivity index (χ1) is 8.00. The summed E-state index contributed by atoms with van der Waals surface area (Å²) in [7, 11) is 0. The Labute approximate surface area is 100.0 Å². The molecule has 0 aliphatic rings. The van der Waals surface area contributed by atoms with Gasteiger partial charge in [0.05, 0.1) is 5.56 Å². The van der Waals surface area contributed by atoms with Crippen molar-refractivity contribution in [2.75, 3.05) is 6.54 Å². The molecular formula is C13H15NO3. The minimum Gasteiger partial charge on any atom is -0.507 e. The van der Waals surface area contributed by atoms with E-state index in [4.69, 9.17) is 0 Å². The molecule has 0 atom stereocenters. The molecule has 0 heterocycles. The Morgan fingerprint density at radius 1 is 1.35 bits per heavy atom. The van der Waals surface area contributed by atoms with Gasteiger partial charge in [0.2, 0.25) is 5.91 Å². The first-order valence-electron chi connectivity index (χ1n) is 5.25. The van der Waals surface area contributed by atoms with Gasteiger partial charge < -0.3 is 10.4 Å². The van der Waals surface area contributed by atoms with Crippen LogP contribution < -0.4 is 5.32 Å². The highest BCUT2D eigenvalue weighted by molar-refractivity contribution is 5.97. The summed E-state index contributed by atoms with van der Waals surface area (Å²) in [4.78, 5) is 21.8. The van der Waals surface area contributed by atoms with Crippen molar-refractivity contribution in [3.05, 3.63) is 35.4 Å². The molecule has 0 aromatic heterocycles. The molecule has 0 radical (unpaired) electrons. The minimum absolute atomic E-state index is 0.0171. The molecule has 2 N–H and O–H groups in total. The largest absolute Gasteiger partial charge is 0.507 e. The summed E-state index contributed by atoms with van der Waals surface area (Å²) in [5, 5.41) is 12.1. The maximum absolute atomic E-state index is 11.2. The van der Waals surface area contributed by atoms with Crippen molar-refractivity contribution >= 4 is 17.8 Å². The van der Waals surface area contributed by atoms with Crippen molar-refractivity contribution in [3.63, 3.8) is 0 Å². The Hall–Kier alpha value is -2.10. The van der Waals surface area contributed by atoms with E-state index in [1.165, 1.54) is 19.9 Å². The number of phenolic OH excluding ortho intramolecular Hbond substituents is 1. The second kappa shape index (κ2) is 5.84. The highest BCUT2D eigenvalue weighted by atomic mass is 16.3. The van der Waals surface area contributed by atoms with E-state index < -0.39 is 0 Å². The lowest BCUT2D eigenvalue weighted by molar-refractivity contribution is -0.118. The average molecular weight is 233 g/mol. The van der Waals surface area contributed by atoms with Gasteiger partial charge in [-0.25, -0.2) is 0 Å². The smallest absolute Gasteiger partial charge is 0.217 e. The summed E-state index contributed by atoms with van der Waals surface area (Å²) in [6, 6.07) is 4.79. The average Bonchev–Trinajstić information content (AvgIpc) is 2.25. The van der Waals surface area contributed by atoms with E-state index in [9.17, 15) is 14.7 Å². The highest BCUT2D eigenvalue weighted by Crippen LogP contribution is 2.19. The van der Waals surface area contributed by atoms with Crippen LogP contribution in [0.25, 0.3) is 6.08 Å². The van der Waals surface area contributed by atoms with Gasteiger partial charge in [0.25, 0.3) is 0 Å². The molecule has 17 heavy (non-hydrogen) atoms. The fourth-order valence-corrected chi connectivity index (χ4v) is 1.34. The summed E-state index contributed by atoms with van der Waals surface area (Å²) in [6.07, 6.45) is 3.56. The number of carbonyl (C=O) groups excluding carboxylic acids is 2. The summed E-state index contributed by atoms with van der Waals surface area (Å²) in [5.41, 5.74) is 1.10. The van der Waals surface area contributed by atoms with Gasteiger partial charge in [-0.1, -0.05) is 18.2 Å². The normalized spacial score (nSPS) is 10.5. The highest BCUT2D eigenvalue weighted by Gasteiger charge is 2.05. The number of aromatic hydroxyl groups is 1. The van der Waals surface area contributed by atoms with Crippen molar-refractivity contribution in [2.24, 2.45) is 0 Å². The predicted molar refractivity (Wildman–Crippen MR) is 65.8 cm³/mol. The number of benzene rings is 1. The standard InChI is InChI=1S/C13H15NO3/c1-9(15)12-8-11(5-6-13(12)17)4-3-7-14-10(2)16/h3-6,8,17H,7H2,1-2H3,(H,14,16). The zero-order valence-electron chi connectivity index (χ0n) is 9.86. The van der Waals surface area contributed by atoms with E-state index in [1.54, 1.807) is 24.3 Å². The molecule has 0 aliphatic carbocycles. The zero-order valence-corrected chi connectivity index (χ0v) is 9.86. The van der Waals surface area contributed by atoms with Gasteiger partial charge in [0.1, 0.15) is 5.75 Å². The number of amides is 1. The van der Waals surface area contributed by atoms with Crippen LogP contribution in [0.2, 0.25) is 0 Å². The van der Waals surface area contributed by atoms with Crippen LogP contribution in [0, 0.1) is 0 Å². The van der Waals surface area contributed by atoms with Crippen LogP contribution in [-0.2, 0) is 4.79 Å². The molecular weight excluding hydrogens is 218 g/mol. The SMILES string of the molecule is CC(=O)NCC=Cc1ccc(O)c(C(C)=O)c1. The maximum Gasteiger partial charge on any atom is 0.217 e. The molecule has 0 fully saturated rings. The number of nitrogens with one attached hydrogen (secondary N) is 1. The van der Waals surface area contributed by atoms with Crippen molar-refractivity contribution in [1.82, 2.24) is 5.32 Å². The number of rotatable bonds is 4. The topological polar surface area (TPSA) is 66.4 Å². The van der Waals surface area contributed by atoms with E-state index in [2.05, 4.69) is 5.32 Å². The van der Waals surface area contributed by atoms with Crippen molar-refractivity contribution in [1.29, 1.82) is 0 Å².